The zero-order valence-corrected chi connectivity index (χ0v) is 97.5. The van der Waals surface area contributed by atoms with E-state index in [1.807, 2.05) is 97.7 Å². The zero-order valence-electron chi connectivity index (χ0n) is 87.1. The number of aliphatic hydroxyl groups excluding tert-OH is 1. The Kier molecular flexibility index (Phi) is 81.8. The largest absolute Gasteiger partial charge is 1.00 e. The number of nitrogens with zero attached hydrogens (tertiary/aromatic N) is 8. The number of nitriles is 2. The monoisotopic (exact) mass is 2300 g/mol. The molecule has 1 fully saturated rings. The summed E-state index contributed by atoms with van der Waals surface area (Å²) in [5.41, 5.74) is 17.1. The number of hydrogen-bond acceptors (Lipinski definition) is 27. The number of aliphatic hydroxyl groups is 1. The van der Waals surface area contributed by atoms with Crippen LogP contribution in [-0.2, 0) is 93.4 Å². The van der Waals surface area contributed by atoms with Crippen LogP contribution >= 0.6 is 67.9 Å². The molecule has 822 valence electrons. The van der Waals surface area contributed by atoms with Crippen molar-refractivity contribution in [3.63, 3.8) is 0 Å². The average molecular weight is 2300 g/mol. The number of halogens is 2. The van der Waals surface area contributed by atoms with Crippen LogP contribution in [0.5, 0.6) is 0 Å². The first-order valence-electron chi connectivity index (χ1n) is 45.2. The summed E-state index contributed by atoms with van der Waals surface area (Å²) < 4.78 is 51.0. The van der Waals surface area contributed by atoms with Crippen molar-refractivity contribution in [1.29, 1.82) is 10.5 Å². The van der Waals surface area contributed by atoms with E-state index in [2.05, 4.69) is 215 Å². The van der Waals surface area contributed by atoms with Crippen LogP contribution in [0.3, 0.4) is 0 Å². The Hall–Kier alpha value is -7.19. The van der Waals surface area contributed by atoms with Crippen molar-refractivity contribution in [2.75, 3.05) is 95.9 Å². The third kappa shape index (κ3) is 51.5. The number of fused-ring (bicyclic) bond motifs is 3. The molecule has 0 spiro atoms. The smallest absolute Gasteiger partial charge is 1.00 e. The van der Waals surface area contributed by atoms with E-state index in [-0.39, 0.29) is 189 Å². The number of aromatic amines is 1. The minimum absolute atomic E-state index is 0. The topological polar surface area (TPSA) is 400 Å². The number of rotatable bonds is 28. The quantitative estimate of drug-likeness (QED) is 0.00673. The van der Waals surface area contributed by atoms with E-state index in [1.54, 1.807) is 29.1 Å². The molecule has 29 nitrogen and oxygen atoms in total. The molecule has 10 aromatic rings. The molecular weight excluding hydrogens is 2110 g/mol. The van der Waals surface area contributed by atoms with Gasteiger partial charge in [0, 0.05) is 37.6 Å². The number of esters is 2. The number of nitrogen functional groups attached to an aromatic ring is 1. The SMILES string of the molecule is C.C.C.C.C.C.C.C.C1COCCO1.CC#N.CC(C)(C)[Si](C)(C)OCCN.CC(C)(C)[Si](C)(C)OCCN=O.CCOC(=O)C#N.CCOC(=O)c1c(C)csc1N.Cc1csc2[nH]c(=O)n(CCO[Si](C)(C)C(C)(C)C)c(=O)c12.Cc1csc2c1c(=O)n(CCO)c(=O)n2CCc1ccccc1.Cc1csc2c1c(=O)n(CCO[Si](C)(C)C(C)(C)C)c(=O)n2CCc1ccccc1.F.ICCc1ccccc1.[H-].[Na+]. The number of anilines is 1. The zero-order chi connectivity index (χ0) is 102. The number of aromatic nitrogens is 6. The van der Waals surface area contributed by atoms with Crippen LogP contribution in [0.1, 0.15) is 214 Å². The first-order chi connectivity index (χ1) is 63.1. The Balaban J connectivity index is -0.000000183. The van der Waals surface area contributed by atoms with E-state index in [1.165, 1.54) is 89.4 Å². The van der Waals surface area contributed by atoms with Crippen molar-refractivity contribution < 1.29 is 87.0 Å². The summed E-state index contributed by atoms with van der Waals surface area (Å²) in [6.07, 6.45) is 2.65. The second kappa shape index (κ2) is 76.3. The molecule has 1 aliphatic heterocycles. The number of carbonyl (C=O) groups is 2. The van der Waals surface area contributed by atoms with Crippen molar-refractivity contribution in [3.05, 3.63) is 224 Å². The van der Waals surface area contributed by atoms with Crippen molar-refractivity contribution in [2.24, 2.45) is 10.9 Å². The maximum absolute atomic E-state index is 13.3. The van der Waals surface area contributed by atoms with Gasteiger partial charge in [-0.2, -0.15) is 15.4 Å². The molecule has 0 radical (unpaired) electrons. The molecule has 0 saturated carbocycles. The molecule has 0 aliphatic carbocycles. The molecule has 0 bridgehead atoms. The third-order valence-corrected chi connectivity index (χ3v) is 46.1. The van der Waals surface area contributed by atoms with Crippen LogP contribution < -0.4 is 74.8 Å². The number of nitrogens with two attached hydrogens (primary N) is 2. The number of carbonyl (C=O) groups excluding carboxylic acids is 2. The fourth-order valence-corrected chi connectivity index (χ4v) is 20.0. The number of H-pyrrole nitrogens is 1. The number of hydrogen-bond donors (Lipinski definition) is 4. The van der Waals surface area contributed by atoms with E-state index in [4.69, 9.17) is 59.0 Å². The first kappa shape index (κ1) is 155. The summed E-state index contributed by atoms with van der Waals surface area (Å²) in [6, 6.07) is 33.6. The summed E-state index contributed by atoms with van der Waals surface area (Å²) in [7, 11) is -6.96. The van der Waals surface area contributed by atoms with E-state index < -0.39 is 39.2 Å². The van der Waals surface area contributed by atoms with Gasteiger partial charge in [0.25, 0.3) is 16.7 Å². The molecule has 0 unspecified atom stereocenters. The predicted octanol–water partition coefficient (Wildman–Crippen LogP) is 21.9. The van der Waals surface area contributed by atoms with Crippen LogP contribution in [0, 0.1) is 55.3 Å². The maximum atomic E-state index is 13.3. The molecular formula is C105H184FIN11NaO18S4Si4. The molecule has 7 aromatic heterocycles. The number of aryl methyl sites for hydroxylation is 9. The fourth-order valence-electron chi connectivity index (χ4n) is 11.3. The van der Waals surface area contributed by atoms with Gasteiger partial charge in [0.05, 0.1) is 113 Å². The van der Waals surface area contributed by atoms with Gasteiger partial charge >= 0.3 is 58.6 Å². The maximum Gasteiger partial charge on any atom is 1.00 e. The molecule has 1 saturated heterocycles. The summed E-state index contributed by atoms with van der Waals surface area (Å²) in [6.45, 7) is 64.1. The van der Waals surface area contributed by atoms with Gasteiger partial charge in [-0.3, -0.25) is 46.9 Å². The second-order valence-electron chi connectivity index (χ2n) is 37.3. The third-order valence-electron chi connectivity index (χ3n) is 23.2. The van der Waals surface area contributed by atoms with Crippen molar-refractivity contribution >= 4 is 149 Å². The van der Waals surface area contributed by atoms with Gasteiger partial charge < -0.3 is 54.7 Å². The molecule has 11 rings (SSSR count). The van der Waals surface area contributed by atoms with Crippen molar-refractivity contribution in [2.45, 2.75) is 315 Å². The van der Waals surface area contributed by atoms with Crippen LogP contribution in [0.2, 0.25) is 72.5 Å². The van der Waals surface area contributed by atoms with E-state index in [9.17, 15) is 43.3 Å². The molecule has 8 heterocycles. The predicted molar refractivity (Wildman–Crippen MR) is 632 cm³/mol. The Morgan fingerprint density at radius 1 is 0.497 bits per heavy atom. The second-order valence-corrected chi connectivity index (χ2v) is 61.2. The van der Waals surface area contributed by atoms with Gasteiger partial charge in [0.15, 0.2) is 39.3 Å². The van der Waals surface area contributed by atoms with Crippen LogP contribution in [-0.4, -0.2) is 168 Å². The minimum atomic E-state index is -1.94. The van der Waals surface area contributed by atoms with Crippen LogP contribution in [0.15, 0.2) is 146 Å². The molecule has 6 N–H and O–H groups in total. The summed E-state index contributed by atoms with van der Waals surface area (Å²) in [5, 5.41) is 37.7. The minimum Gasteiger partial charge on any atom is -1.00 e. The number of benzene rings is 3. The van der Waals surface area contributed by atoms with E-state index in [0.717, 1.165) is 70.1 Å². The Labute approximate surface area is 925 Å². The van der Waals surface area contributed by atoms with Gasteiger partial charge in [0.1, 0.15) is 26.0 Å². The first-order valence-corrected chi connectivity index (χ1v) is 61.8. The van der Waals surface area contributed by atoms with E-state index >= 15 is 0 Å². The van der Waals surface area contributed by atoms with Crippen molar-refractivity contribution in [3.8, 4) is 12.1 Å². The molecule has 0 amide bonds. The van der Waals surface area contributed by atoms with Crippen molar-refractivity contribution in [1.82, 2.24) is 27.8 Å². The standard InChI is InChI=1S/C23H32N2O3SSi.C17H18N2O3S.C15H24N2O3SSi.C8H9I.C8H11NO2S.C8H19NO2Si.C8H21NOSi.C4H5NO2.C4H8O2.C2H3N.8CH4.FH.Na.H/c1-17-16-29-21-19(17)20(26)24(14-15-28-30(5,6)23(2,3)4)22(27)25(21)13-12-18-10-8-7-9-11-18;1-12-11-23-16-14(12)15(21)18(9-10-20)17(22)19(16)8-7-13-5-3-2-4-6-13;1-10-9-21-12-11(10)13(18)17(14(19)16-12)7-8-20-22(5,6)15(2,3)4;9-7-6-8-4-2-1-3-5-8;1-3-11-8(10)6-5(2)4-12-7(6)9;1-8(2,3)12(4,5)11-7-6-9-10;1-8(2,3)11(4,5)10-7-6-9;1-2-7-4(6)3-5;1-2-6-4-3-5-1;1-2-3;;;;;;;;;;;/h7-11,16H,12-15H2,1-6H3;2-6,11,20H,7-10H2,1H3;9H,7-8H2,1-6H3,(H,16,19);1-5H,6-7H2;4H,3,9H2,1-2H3;6-7H2,1-5H3;6-7,9H2,1-5H3;2H2,1H3;1-4H2;1H3;8*1H4;1H;;/q;;;;;;;;;;;;;;;;;;;+1;-1. The average Bonchev–Trinajstić information content (AvgIpc) is 1.64. The van der Waals surface area contributed by atoms with Crippen LogP contribution in [0.25, 0.3) is 30.6 Å². The van der Waals surface area contributed by atoms with Gasteiger partial charge in [-0.25, -0.2) is 24.0 Å². The molecule has 1 aliphatic rings. The number of ether oxygens (including phenoxy) is 4. The Morgan fingerprint density at radius 3 is 1.13 bits per heavy atom. The van der Waals surface area contributed by atoms with Gasteiger partial charge in [-0.15, -0.1) is 45.3 Å². The van der Waals surface area contributed by atoms with Crippen LogP contribution in [0.4, 0.5) is 9.71 Å². The molecule has 3 aromatic carbocycles. The Morgan fingerprint density at radius 2 is 0.821 bits per heavy atom. The summed E-state index contributed by atoms with van der Waals surface area (Å²) in [5.74, 6) is -1.14. The number of thiophene rings is 4. The van der Waals surface area contributed by atoms with Gasteiger partial charge in [-0.05, 0) is 194 Å². The molecule has 40 heteroatoms. The molecule has 145 heavy (non-hydrogen) atoms. The van der Waals surface area contributed by atoms with E-state index in [0.29, 0.717) is 101 Å². The normalized spacial score (nSPS) is 11.3. The summed E-state index contributed by atoms with van der Waals surface area (Å²) in [4.78, 5) is 112. The molecule has 0 atom stereocenters. The van der Waals surface area contributed by atoms with Gasteiger partial charge in [-0.1, -0.05) is 261 Å². The Bertz CT molecular complexity index is 5720. The number of nitroso groups, excluding NO2 is 1. The number of alkyl halides is 1. The fraction of sp³-hybridized carbons (Fsp3) is 0.581. The summed E-state index contributed by atoms with van der Waals surface area (Å²) >= 11 is 8.03. The number of nitrogens with one attached hydrogen (secondary N) is 1. The van der Waals surface area contributed by atoms with Gasteiger partial charge in [0.2, 0.25) is 0 Å².